The first-order chi connectivity index (χ1) is 8.28. The maximum Gasteiger partial charge on any atom is 0.426 e. The Kier molecular flexibility index (Phi) is 4.30. The van der Waals surface area contributed by atoms with Gasteiger partial charge >= 0.3 is 6.09 Å². The van der Waals surface area contributed by atoms with E-state index >= 15 is 0 Å². The summed E-state index contributed by atoms with van der Waals surface area (Å²) in [5, 5.41) is 0. The topological polar surface area (TPSA) is 79.4 Å². The van der Waals surface area contributed by atoms with Gasteiger partial charge in [-0.25, -0.2) is 20.2 Å². The largest absolute Gasteiger partial charge is 0.443 e. The number of hydrogen-bond donors (Lipinski definition) is 2. The molecule has 7 heteroatoms. The van der Waals surface area contributed by atoms with Crippen LogP contribution in [0.3, 0.4) is 0 Å². The number of hydrazine groups is 1. The SMILES string of the molecule is CN(C)c1cc(NNC(=O)OC(C)(C)C)ncn1. The minimum atomic E-state index is -0.562. The van der Waals surface area contributed by atoms with Crippen molar-refractivity contribution in [1.29, 1.82) is 0 Å². The molecule has 7 nitrogen and oxygen atoms in total. The van der Waals surface area contributed by atoms with Crippen molar-refractivity contribution in [1.82, 2.24) is 15.4 Å². The van der Waals surface area contributed by atoms with Crippen molar-refractivity contribution >= 4 is 17.7 Å². The predicted molar refractivity (Wildman–Crippen MR) is 69.4 cm³/mol. The first kappa shape index (κ1) is 14.0. The summed E-state index contributed by atoms with van der Waals surface area (Å²) >= 11 is 0. The van der Waals surface area contributed by atoms with E-state index in [0.717, 1.165) is 5.82 Å². The molecule has 0 aliphatic heterocycles. The molecular weight excluding hydrogens is 234 g/mol. The molecule has 2 N–H and O–H groups in total. The van der Waals surface area contributed by atoms with Gasteiger partial charge in [0.05, 0.1) is 0 Å². The zero-order chi connectivity index (χ0) is 13.8. The molecule has 0 aliphatic rings. The number of amides is 1. The second kappa shape index (κ2) is 5.52. The highest BCUT2D eigenvalue weighted by atomic mass is 16.6. The van der Waals surface area contributed by atoms with E-state index in [0.29, 0.717) is 5.82 Å². The molecule has 0 unspecified atom stereocenters. The zero-order valence-electron chi connectivity index (χ0n) is 11.3. The summed E-state index contributed by atoms with van der Waals surface area (Å²) in [6, 6.07) is 1.71. The van der Waals surface area contributed by atoms with E-state index in [2.05, 4.69) is 20.8 Å². The van der Waals surface area contributed by atoms with Crippen molar-refractivity contribution in [2.24, 2.45) is 0 Å². The van der Waals surface area contributed by atoms with E-state index in [4.69, 9.17) is 4.74 Å². The molecule has 0 saturated heterocycles. The number of aromatic nitrogens is 2. The lowest BCUT2D eigenvalue weighted by Gasteiger charge is -2.20. The number of nitrogens with zero attached hydrogens (tertiary/aromatic N) is 3. The van der Waals surface area contributed by atoms with Crippen LogP contribution < -0.4 is 15.8 Å². The van der Waals surface area contributed by atoms with Gasteiger partial charge in [0.15, 0.2) is 0 Å². The van der Waals surface area contributed by atoms with Crippen molar-refractivity contribution in [2.45, 2.75) is 26.4 Å². The minimum absolute atomic E-state index is 0.486. The van der Waals surface area contributed by atoms with Gasteiger partial charge in [0, 0.05) is 20.2 Å². The third-order valence-electron chi connectivity index (χ3n) is 1.80. The van der Waals surface area contributed by atoms with Crippen LogP contribution in [0.5, 0.6) is 0 Å². The number of hydrogen-bond acceptors (Lipinski definition) is 6. The standard InChI is InChI=1S/C11H19N5O2/c1-11(2,3)18-10(17)15-14-8-6-9(16(4)5)13-7-12-8/h6-7H,1-5H3,(H,15,17)(H,12,13,14). The quantitative estimate of drug-likeness (QED) is 0.793. The van der Waals surface area contributed by atoms with Crippen molar-refractivity contribution in [3.63, 3.8) is 0 Å². The fourth-order valence-electron chi connectivity index (χ4n) is 1.08. The summed E-state index contributed by atoms with van der Waals surface area (Å²) in [6.07, 6.45) is 0.849. The molecule has 1 rings (SSSR count). The van der Waals surface area contributed by atoms with Gasteiger partial charge < -0.3 is 9.64 Å². The van der Waals surface area contributed by atoms with E-state index in [1.54, 1.807) is 26.8 Å². The maximum absolute atomic E-state index is 11.4. The van der Waals surface area contributed by atoms with E-state index in [1.807, 2.05) is 19.0 Å². The predicted octanol–water partition coefficient (Wildman–Crippen LogP) is 1.39. The van der Waals surface area contributed by atoms with Gasteiger partial charge in [-0.1, -0.05) is 0 Å². The first-order valence-electron chi connectivity index (χ1n) is 5.52. The summed E-state index contributed by atoms with van der Waals surface area (Å²) in [5.74, 6) is 1.22. The van der Waals surface area contributed by atoms with E-state index in [9.17, 15) is 4.79 Å². The number of carbonyl (C=O) groups is 1. The molecule has 0 aliphatic carbocycles. The summed E-state index contributed by atoms with van der Waals surface area (Å²) in [7, 11) is 3.74. The van der Waals surface area contributed by atoms with Crippen molar-refractivity contribution in [3.8, 4) is 0 Å². The fourth-order valence-corrected chi connectivity index (χ4v) is 1.08. The Hall–Kier alpha value is -2.05. The maximum atomic E-state index is 11.4. The van der Waals surface area contributed by atoms with Crippen LogP contribution in [0.4, 0.5) is 16.4 Å². The molecule has 0 fully saturated rings. The molecule has 1 aromatic rings. The Morgan fingerprint density at radius 1 is 1.33 bits per heavy atom. The van der Waals surface area contributed by atoms with Crippen LogP contribution in [0.2, 0.25) is 0 Å². The lowest BCUT2D eigenvalue weighted by Crippen LogP contribution is -2.36. The van der Waals surface area contributed by atoms with Crippen LogP contribution in [0.25, 0.3) is 0 Å². The van der Waals surface area contributed by atoms with Gasteiger partial charge in [0.25, 0.3) is 0 Å². The number of anilines is 2. The van der Waals surface area contributed by atoms with Crippen LogP contribution in [-0.2, 0) is 4.74 Å². The first-order valence-corrected chi connectivity index (χ1v) is 5.52. The van der Waals surface area contributed by atoms with Crippen molar-refractivity contribution in [3.05, 3.63) is 12.4 Å². The Morgan fingerprint density at radius 2 is 2.00 bits per heavy atom. The molecule has 1 aromatic heterocycles. The number of nitrogens with one attached hydrogen (secondary N) is 2. The molecule has 0 aromatic carbocycles. The highest BCUT2D eigenvalue weighted by Gasteiger charge is 2.15. The second-order valence-corrected chi connectivity index (χ2v) is 4.91. The summed E-state index contributed by atoms with van der Waals surface area (Å²) in [4.78, 5) is 21.3. The van der Waals surface area contributed by atoms with Crippen LogP contribution in [-0.4, -0.2) is 35.8 Å². The highest BCUT2D eigenvalue weighted by Crippen LogP contribution is 2.10. The summed E-state index contributed by atoms with van der Waals surface area (Å²) in [6.45, 7) is 5.38. The fraction of sp³-hybridized carbons (Fsp3) is 0.545. The second-order valence-electron chi connectivity index (χ2n) is 4.91. The van der Waals surface area contributed by atoms with Crippen molar-refractivity contribution < 1.29 is 9.53 Å². The number of ether oxygens (including phenoxy) is 1. The number of rotatable bonds is 3. The van der Waals surface area contributed by atoms with Crippen LogP contribution in [0, 0.1) is 0 Å². The Labute approximate surface area is 107 Å². The summed E-state index contributed by atoms with van der Waals surface area (Å²) < 4.78 is 5.07. The molecule has 100 valence electrons. The van der Waals surface area contributed by atoms with Gasteiger partial charge in [-0.3, -0.25) is 5.43 Å². The van der Waals surface area contributed by atoms with Gasteiger partial charge in [-0.2, -0.15) is 0 Å². The lowest BCUT2D eigenvalue weighted by molar-refractivity contribution is 0.0541. The van der Waals surface area contributed by atoms with E-state index < -0.39 is 11.7 Å². The lowest BCUT2D eigenvalue weighted by atomic mass is 10.2. The zero-order valence-corrected chi connectivity index (χ0v) is 11.3. The monoisotopic (exact) mass is 253 g/mol. The van der Waals surface area contributed by atoms with Crippen molar-refractivity contribution in [2.75, 3.05) is 24.4 Å². The Morgan fingerprint density at radius 3 is 2.56 bits per heavy atom. The molecule has 1 amide bonds. The highest BCUT2D eigenvalue weighted by molar-refractivity contribution is 5.69. The smallest absolute Gasteiger partial charge is 0.426 e. The van der Waals surface area contributed by atoms with E-state index in [1.165, 1.54) is 6.33 Å². The third-order valence-corrected chi connectivity index (χ3v) is 1.80. The molecule has 0 bridgehead atoms. The Bertz CT molecular complexity index is 414. The van der Waals surface area contributed by atoms with Crippen LogP contribution >= 0.6 is 0 Å². The molecule has 0 spiro atoms. The molecular formula is C11H19N5O2. The number of carbonyl (C=O) groups excluding carboxylic acids is 1. The average Bonchev–Trinajstić information content (AvgIpc) is 2.24. The molecule has 1 heterocycles. The van der Waals surface area contributed by atoms with Crippen LogP contribution in [0.15, 0.2) is 12.4 Å². The van der Waals surface area contributed by atoms with Gasteiger partial charge in [0.2, 0.25) is 0 Å². The normalized spacial score (nSPS) is 10.7. The minimum Gasteiger partial charge on any atom is -0.443 e. The third kappa shape index (κ3) is 4.86. The summed E-state index contributed by atoms with van der Waals surface area (Å²) in [5.41, 5.74) is 4.53. The average molecular weight is 253 g/mol. The van der Waals surface area contributed by atoms with Crippen LogP contribution in [0.1, 0.15) is 20.8 Å². The Balaban J connectivity index is 2.53. The molecule has 0 radical (unpaired) electrons. The molecule has 0 atom stereocenters. The van der Waals surface area contributed by atoms with Gasteiger partial charge in [-0.05, 0) is 20.8 Å². The van der Waals surface area contributed by atoms with E-state index in [-0.39, 0.29) is 0 Å². The van der Waals surface area contributed by atoms with Gasteiger partial charge in [0.1, 0.15) is 23.6 Å². The molecule has 18 heavy (non-hydrogen) atoms. The molecule has 0 saturated carbocycles. The van der Waals surface area contributed by atoms with Gasteiger partial charge in [-0.15, -0.1) is 0 Å².